The van der Waals surface area contributed by atoms with E-state index in [0.717, 1.165) is 24.5 Å². The Morgan fingerprint density at radius 3 is 2.89 bits per heavy atom. The second-order valence-electron chi connectivity index (χ2n) is 5.32. The summed E-state index contributed by atoms with van der Waals surface area (Å²) in [4.78, 5) is 19.8. The van der Waals surface area contributed by atoms with E-state index < -0.39 is 5.97 Å². The number of carbonyl (C=O) groups excluding carboxylic acids is 1. The van der Waals surface area contributed by atoms with Crippen molar-refractivity contribution in [2.45, 2.75) is 45.6 Å². The summed E-state index contributed by atoms with van der Waals surface area (Å²) < 4.78 is 4.66. The van der Waals surface area contributed by atoms with Crippen LogP contribution in [0, 0.1) is 12.8 Å². The van der Waals surface area contributed by atoms with Crippen molar-refractivity contribution in [3.63, 3.8) is 0 Å². The van der Waals surface area contributed by atoms with Gasteiger partial charge in [-0.1, -0.05) is 19.8 Å². The third-order valence-corrected chi connectivity index (χ3v) is 3.51. The van der Waals surface area contributed by atoms with E-state index in [1.807, 2.05) is 13.0 Å². The monoisotopic (exact) mass is 263 g/mol. The van der Waals surface area contributed by atoms with Gasteiger partial charge in [0, 0.05) is 17.8 Å². The van der Waals surface area contributed by atoms with Gasteiger partial charge in [0.05, 0.1) is 7.11 Å². The SMILES string of the molecule is COC(=O)c1nc(C)cc(NC2CCCC(C)C2)n1. The smallest absolute Gasteiger partial charge is 0.376 e. The van der Waals surface area contributed by atoms with Gasteiger partial charge in [-0.15, -0.1) is 0 Å². The summed E-state index contributed by atoms with van der Waals surface area (Å²) in [6, 6.07) is 2.30. The summed E-state index contributed by atoms with van der Waals surface area (Å²) in [5.41, 5.74) is 0.766. The van der Waals surface area contributed by atoms with Gasteiger partial charge in [-0.3, -0.25) is 0 Å². The summed E-state index contributed by atoms with van der Waals surface area (Å²) in [7, 11) is 1.34. The predicted molar refractivity (Wildman–Crippen MR) is 73.2 cm³/mol. The quantitative estimate of drug-likeness (QED) is 0.849. The summed E-state index contributed by atoms with van der Waals surface area (Å²) >= 11 is 0. The molecule has 0 aliphatic heterocycles. The maximum Gasteiger partial charge on any atom is 0.376 e. The van der Waals surface area contributed by atoms with Crippen molar-refractivity contribution in [3.8, 4) is 0 Å². The highest BCUT2D eigenvalue weighted by Crippen LogP contribution is 2.25. The molecule has 1 saturated carbocycles. The normalized spacial score (nSPS) is 22.9. The van der Waals surface area contributed by atoms with Crippen LogP contribution in [0.4, 0.5) is 5.82 Å². The molecule has 2 rings (SSSR count). The number of hydrogen-bond acceptors (Lipinski definition) is 5. The Balaban J connectivity index is 2.11. The maximum absolute atomic E-state index is 11.5. The van der Waals surface area contributed by atoms with Crippen molar-refractivity contribution >= 4 is 11.8 Å². The van der Waals surface area contributed by atoms with Gasteiger partial charge in [-0.25, -0.2) is 14.8 Å². The first-order valence-corrected chi connectivity index (χ1v) is 6.79. The van der Waals surface area contributed by atoms with Crippen molar-refractivity contribution in [2.75, 3.05) is 12.4 Å². The molecule has 1 fully saturated rings. The molecule has 19 heavy (non-hydrogen) atoms. The minimum Gasteiger partial charge on any atom is -0.463 e. The highest BCUT2D eigenvalue weighted by Gasteiger charge is 2.20. The van der Waals surface area contributed by atoms with Crippen molar-refractivity contribution in [1.82, 2.24) is 9.97 Å². The molecule has 5 heteroatoms. The minimum atomic E-state index is -0.497. The van der Waals surface area contributed by atoms with Crippen molar-refractivity contribution in [1.29, 1.82) is 0 Å². The van der Waals surface area contributed by atoms with Crippen LogP contribution < -0.4 is 5.32 Å². The van der Waals surface area contributed by atoms with Gasteiger partial charge in [-0.2, -0.15) is 0 Å². The molecular formula is C14H21N3O2. The summed E-state index contributed by atoms with van der Waals surface area (Å²) in [6.45, 7) is 4.13. The fourth-order valence-corrected chi connectivity index (χ4v) is 2.60. The van der Waals surface area contributed by atoms with Crippen molar-refractivity contribution < 1.29 is 9.53 Å². The molecule has 1 aliphatic carbocycles. The van der Waals surface area contributed by atoms with Crippen LogP contribution >= 0.6 is 0 Å². The lowest BCUT2D eigenvalue weighted by atomic mass is 9.87. The fraction of sp³-hybridized carbons (Fsp3) is 0.643. The molecule has 2 atom stereocenters. The zero-order valence-corrected chi connectivity index (χ0v) is 11.8. The fourth-order valence-electron chi connectivity index (χ4n) is 2.60. The number of esters is 1. The zero-order chi connectivity index (χ0) is 13.8. The number of hydrogen-bond donors (Lipinski definition) is 1. The molecule has 1 heterocycles. The lowest BCUT2D eigenvalue weighted by Gasteiger charge is -2.27. The molecule has 0 saturated heterocycles. The largest absolute Gasteiger partial charge is 0.463 e. The second kappa shape index (κ2) is 5.99. The molecule has 1 N–H and O–H groups in total. The number of nitrogens with zero attached hydrogens (tertiary/aromatic N) is 2. The third kappa shape index (κ3) is 3.66. The average Bonchev–Trinajstić information content (AvgIpc) is 2.37. The lowest BCUT2D eigenvalue weighted by Crippen LogP contribution is -2.27. The van der Waals surface area contributed by atoms with Crippen LogP contribution in [0.3, 0.4) is 0 Å². The molecule has 1 aliphatic rings. The number of rotatable bonds is 3. The first-order valence-electron chi connectivity index (χ1n) is 6.79. The topological polar surface area (TPSA) is 64.1 Å². The molecule has 1 aromatic rings. The van der Waals surface area contributed by atoms with Gasteiger partial charge in [0.25, 0.3) is 0 Å². The first-order chi connectivity index (χ1) is 9.08. The maximum atomic E-state index is 11.5. The summed E-state index contributed by atoms with van der Waals surface area (Å²) in [5, 5.41) is 3.41. The van der Waals surface area contributed by atoms with Crippen LogP contribution in [-0.4, -0.2) is 29.1 Å². The van der Waals surface area contributed by atoms with E-state index in [2.05, 4.69) is 26.9 Å². The van der Waals surface area contributed by atoms with Crippen LogP contribution in [0.15, 0.2) is 6.07 Å². The number of aromatic nitrogens is 2. The summed E-state index contributed by atoms with van der Waals surface area (Å²) in [5.74, 6) is 1.08. The molecule has 0 aromatic carbocycles. The average molecular weight is 263 g/mol. The van der Waals surface area contributed by atoms with Crippen LogP contribution in [0.25, 0.3) is 0 Å². The Bertz CT molecular complexity index is 462. The second-order valence-corrected chi connectivity index (χ2v) is 5.32. The Kier molecular flexibility index (Phi) is 4.35. The molecule has 5 nitrogen and oxygen atoms in total. The Morgan fingerprint density at radius 1 is 1.42 bits per heavy atom. The number of aryl methyl sites for hydroxylation is 1. The van der Waals surface area contributed by atoms with Gasteiger partial charge in [-0.05, 0) is 25.7 Å². The minimum absolute atomic E-state index is 0.119. The Morgan fingerprint density at radius 2 is 2.21 bits per heavy atom. The van der Waals surface area contributed by atoms with E-state index in [0.29, 0.717) is 11.9 Å². The Labute approximate surface area is 113 Å². The molecule has 0 radical (unpaired) electrons. The molecule has 0 bridgehead atoms. The molecule has 0 spiro atoms. The summed E-state index contributed by atoms with van der Waals surface area (Å²) in [6.07, 6.45) is 4.85. The van der Waals surface area contributed by atoms with Gasteiger partial charge in [0.2, 0.25) is 5.82 Å². The standard InChI is InChI=1S/C14H21N3O2/c1-9-5-4-6-11(7-9)16-12-8-10(2)15-13(17-12)14(18)19-3/h8-9,11H,4-7H2,1-3H3,(H,15,16,17). The van der Waals surface area contributed by atoms with E-state index in [4.69, 9.17) is 0 Å². The molecule has 2 unspecified atom stereocenters. The van der Waals surface area contributed by atoms with Crippen LogP contribution in [0.5, 0.6) is 0 Å². The number of ether oxygens (including phenoxy) is 1. The van der Waals surface area contributed by atoms with Gasteiger partial charge >= 0.3 is 5.97 Å². The number of anilines is 1. The van der Waals surface area contributed by atoms with Crippen molar-refractivity contribution in [3.05, 3.63) is 17.6 Å². The van der Waals surface area contributed by atoms with Crippen LogP contribution in [0.2, 0.25) is 0 Å². The van der Waals surface area contributed by atoms with Gasteiger partial charge in [0.15, 0.2) is 0 Å². The van der Waals surface area contributed by atoms with Crippen molar-refractivity contribution in [2.24, 2.45) is 5.92 Å². The first kappa shape index (κ1) is 13.8. The Hall–Kier alpha value is -1.65. The molecule has 104 valence electrons. The van der Waals surface area contributed by atoms with Crippen LogP contribution in [-0.2, 0) is 4.74 Å². The zero-order valence-electron chi connectivity index (χ0n) is 11.8. The van der Waals surface area contributed by atoms with E-state index >= 15 is 0 Å². The number of methoxy groups -OCH3 is 1. The third-order valence-electron chi connectivity index (χ3n) is 3.51. The van der Waals surface area contributed by atoms with Gasteiger partial charge < -0.3 is 10.1 Å². The van der Waals surface area contributed by atoms with Crippen LogP contribution in [0.1, 0.15) is 48.9 Å². The molecular weight excluding hydrogens is 242 g/mol. The highest BCUT2D eigenvalue weighted by molar-refractivity contribution is 5.85. The molecule has 0 amide bonds. The highest BCUT2D eigenvalue weighted by atomic mass is 16.5. The lowest BCUT2D eigenvalue weighted by molar-refractivity contribution is 0.0586. The van der Waals surface area contributed by atoms with E-state index in [-0.39, 0.29) is 5.82 Å². The number of nitrogens with one attached hydrogen (secondary N) is 1. The van der Waals surface area contributed by atoms with E-state index in [1.54, 1.807) is 0 Å². The molecule has 1 aromatic heterocycles. The van der Waals surface area contributed by atoms with Gasteiger partial charge in [0.1, 0.15) is 5.82 Å². The van der Waals surface area contributed by atoms with E-state index in [9.17, 15) is 4.79 Å². The predicted octanol–water partition coefficient (Wildman–Crippen LogP) is 2.56. The van der Waals surface area contributed by atoms with E-state index in [1.165, 1.54) is 20.0 Å². The number of carbonyl (C=O) groups is 1.